The number of hydrogen-bond donors (Lipinski definition) is 2. The zero-order valence-corrected chi connectivity index (χ0v) is 8.51. The van der Waals surface area contributed by atoms with Crippen LogP contribution < -0.4 is 5.32 Å². The van der Waals surface area contributed by atoms with Crippen LogP contribution in [0.3, 0.4) is 0 Å². The monoisotopic (exact) mass is 192 g/mol. The van der Waals surface area contributed by atoms with Crippen LogP contribution >= 0.6 is 0 Å². The molecular formula is C10H16N4. The van der Waals surface area contributed by atoms with E-state index in [0.29, 0.717) is 0 Å². The minimum Gasteiger partial charge on any atom is -0.348 e. The van der Waals surface area contributed by atoms with Gasteiger partial charge in [-0.15, -0.1) is 0 Å². The van der Waals surface area contributed by atoms with Crippen LogP contribution in [0.5, 0.6) is 0 Å². The van der Waals surface area contributed by atoms with Gasteiger partial charge in [0, 0.05) is 31.7 Å². The second kappa shape index (κ2) is 2.81. The number of likely N-dealkylation sites (tertiary alicyclic amines) is 1. The fraction of sp³-hybridized carbons (Fsp3) is 0.700. The molecule has 0 saturated carbocycles. The van der Waals surface area contributed by atoms with Crippen LogP contribution in [0.4, 0.5) is 0 Å². The van der Waals surface area contributed by atoms with E-state index < -0.39 is 0 Å². The first-order valence-electron chi connectivity index (χ1n) is 5.26. The van der Waals surface area contributed by atoms with E-state index in [2.05, 4.69) is 27.2 Å². The zero-order valence-electron chi connectivity index (χ0n) is 8.51. The smallest absolute Gasteiger partial charge is 0.0926 e. The van der Waals surface area contributed by atoms with Crippen molar-refractivity contribution >= 4 is 0 Å². The SMILES string of the molecule is CN1CCC2(C1)NCCc1[nH]cnc12. The standard InChI is InChI=1S/C10H16N4/c1-14-5-3-10(6-14)9-8(2-4-13-10)11-7-12-9/h7,13H,2-6H2,1H3,(H,11,12). The first kappa shape index (κ1) is 8.44. The van der Waals surface area contributed by atoms with Gasteiger partial charge in [0.25, 0.3) is 0 Å². The Bertz CT molecular complexity index is 346. The number of likely N-dealkylation sites (N-methyl/N-ethyl adjacent to an activating group) is 1. The van der Waals surface area contributed by atoms with Gasteiger partial charge >= 0.3 is 0 Å². The molecule has 0 aliphatic carbocycles. The molecule has 3 heterocycles. The Labute approximate surface area is 83.7 Å². The lowest BCUT2D eigenvalue weighted by Gasteiger charge is -2.33. The average Bonchev–Trinajstić information content (AvgIpc) is 2.75. The summed E-state index contributed by atoms with van der Waals surface area (Å²) in [5.74, 6) is 0. The number of rotatable bonds is 0. The average molecular weight is 192 g/mol. The summed E-state index contributed by atoms with van der Waals surface area (Å²) in [6.07, 6.45) is 4.10. The van der Waals surface area contributed by atoms with Gasteiger partial charge in [-0.25, -0.2) is 4.98 Å². The molecule has 2 N–H and O–H groups in total. The Hall–Kier alpha value is -0.870. The van der Waals surface area contributed by atoms with Gasteiger partial charge in [-0.1, -0.05) is 0 Å². The molecule has 3 rings (SSSR count). The lowest BCUT2D eigenvalue weighted by atomic mass is 9.89. The number of H-pyrrole nitrogens is 1. The molecule has 0 amide bonds. The van der Waals surface area contributed by atoms with E-state index in [1.807, 2.05) is 6.33 Å². The van der Waals surface area contributed by atoms with Crippen molar-refractivity contribution in [3.05, 3.63) is 17.7 Å². The van der Waals surface area contributed by atoms with Crippen molar-refractivity contribution in [1.29, 1.82) is 0 Å². The molecule has 1 atom stereocenters. The van der Waals surface area contributed by atoms with Gasteiger partial charge in [-0.3, -0.25) is 0 Å². The molecule has 1 saturated heterocycles. The van der Waals surface area contributed by atoms with Gasteiger partial charge in [0.2, 0.25) is 0 Å². The molecule has 0 bridgehead atoms. The Morgan fingerprint density at radius 1 is 1.57 bits per heavy atom. The highest BCUT2D eigenvalue weighted by Gasteiger charge is 2.42. The first-order chi connectivity index (χ1) is 6.80. The minimum atomic E-state index is 0.141. The summed E-state index contributed by atoms with van der Waals surface area (Å²) < 4.78 is 0. The maximum atomic E-state index is 4.48. The number of nitrogens with zero attached hydrogens (tertiary/aromatic N) is 2. The summed E-state index contributed by atoms with van der Waals surface area (Å²) in [7, 11) is 2.18. The molecule has 1 aromatic rings. The lowest BCUT2D eigenvalue weighted by molar-refractivity contribution is 0.297. The Morgan fingerprint density at radius 2 is 2.50 bits per heavy atom. The van der Waals surface area contributed by atoms with E-state index in [1.54, 1.807) is 0 Å². The Morgan fingerprint density at radius 3 is 3.29 bits per heavy atom. The first-order valence-corrected chi connectivity index (χ1v) is 5.26. The van der Waals surface area contributed by atoms with Crippen LogP contribution in [0, 0.1) is 0 Å². The van der Waals surface area contributed by atoms with Crippen LogP contribution in [-0.2, 0) is 12.0 Å². The molecule has 14 heavy (non-hydrogen) atoms. The van der Waals surface area contributed by atoms with E-state index >= 15 is 0 Å². The van der Waals surface area contributed by atoms with Gasteiger partial charge in [0.1, 0.15) is 0 Å². The fourth-order valence-corrected chi connectivity index (χ4v) is 2.77. The number of fused-ring (bicyclic) bond motifs is 2. The molecule has 1 unspecified atom stereocenters. The molecule has 76 valence electrons. The number of hydrogen-bond acceptors (Lipinski definition) is 3. The lowest BCUT2D eigenvalue weighted by Crippen LogP contribution is -2.49. The second-order valence-electron chi connectivity index (χ2n) is 4.48. The van der Waals surface area contributed by atoms with Gasteiger partial charge in [0.15, 0.2) is 0 Å². The highest BCUT2D eigenvalue weighted by molar-refractivity contribution is 5.27. The van der Waals surface area contributed by atoms with Gasteiger partial charge in [-0.2, -0.15) is 0 Å². The summed E-state index contributed by atoms with van der Waals surface area (Å²) in [5, 5.41) is 3.64. The zero-order chi connectivity index (χ0) is 9.60. The van der Waals surface area contributed by atoms with Gasteiger partial charge in [0.05, 0.1) is 17.6 Å². The maximum absolute atomic E-state index is 4.48. The third-order valence-electron chi connectivity index (χ3n) is 3.47. The van der Waals surface area contributed by atoms with Crippen LogP contribution in [0.2, 0.25) is 0 Å². The van der Waals surface area contributed by atoms with Crippen LogP contribution in [0.15, 0.2) is 6.33 Å². The maximum Gasteiger partial charge on any atom is 0.0926 e. The number of aromatic amines is 1. The molecule has 2 aliphatic heterocycles. The third-order valence-corrected chi connectivity index (χ3v) is 3.47. The van der Waals surface area contributed by atoms with Crippen molar-refractivity contribution in [2.75, 3.05) is 26.7 Å². The Kier molecular flexibility index (Phi) is 1.69. The molecule has 1 fully saturated rings. The largest absolute Gasteiger partial charge is 0.348 e. The van der Waals surface area contributed by atoms with Gasteiger partial charge in [-0.05, 0) is 13.5 Å². The van der Waals surface area contributed by atoms with E-state index in [-0.39, 0.29) is 5.54 Å². The quantitative estimate of drug-likeness (QED) is 0.612. The van der Waals surface area contributed by atoms with Crippen molar-refractivity contribution in [2.45, 2.75) is 18.4 Å². The third kappa shape index (κ3) is 1.04. The van der Waals surface area contributed by atoms with Crippen molar-refractivity contribution in [3.8, 4) is 0 Å². The topological polar surface area (TPSA) is 44.0 Å². The van der Waals surface area contributed by atoms with Crippen LogP contribution in [-0.4, -0.2) is 41.5 Å². The highest BCUT2D eigenvalue weighted by Crippen LogP contribution is 2.34. The van der Waals surface area contributed by atoms with Crippen molar-refractivity contribution in [3.63, 3.8) is 0 Å². The predicted octanol–water partition coefficient (Wildman–Crippen LogP) is 0.0862. The van der Waals surface area contributed by atoms with E-state index in [4.69, 9.17) is 0 Å². The highest BCUT2D eigenvalue weighted by atomic mass is 15.2. The number of nitrogens with one attached hydrogen (secondary N) is 2. The second-order valence-corrected chi connectivity index (χ2v) is 4.48. The predicted molar refractivity (Wildman–Crippen MR) is 54.1 cm³/mol. The summed E-state index contributed by atoms with van der Waals surface area (Å²) in [6, 6.07) is 0. The normalized spacial score (nSPS) is 32.4. The van der Waals surface area contributed by atoms with E-state index in [9.17, 15) is 0 Å². The van der Waals surface area contributed by atoms with Crippen molar-refractivity contribution in [2.24, 2.45) is 0 Å². The summed E-state index contributed by atoms with van der Waals surface area (Å²) in [5.41, 5.74) is 2.73. The summed E-state index contributed by atoms with van der Waals surface area (Å²) in [4.78, 5) is 10.1. The van der Waals surface area contributed by atoms with Crippen LogP contribution in [0.25, 0.3) is 0 Å². The van der Waals surface area contributed by atoms with Crippen molar-refractivity contribution in [1.82, 2.24) is 20.2 Å². The fourth-order valence-electron chi connectivity index (χ4n) is 2.77. The van der Waals surface area contributed by atoms with Gasteiger partial charge < -0.3 is 15.2 Å². The molecule has 4 heteroatoms. The molecule has 1 spiro atoms. The molecule has 0 radical (unpaired) electrons. The molecule has 0 aromatic carbocycles. The number of imidazole rings is 1. The Balaban J connectivity index is 2.03. The van der Waals surface area contributed by atoms with E-state index in [0.717, 1.165) is 19.5 Å². The summed E-state index contributed by atoms with van der Waals surface area (Å²) >= 11 is 0. The van der Waals surface area contributed by atoms with Crippen molar-refractivity contribution < 1.29 is 0 Å². The van der Waals surface area contributed by atoms with Crippen LogP contribution in [0.1, 0.15) is 17.8 Å². The number of aromatic nitrogens is 2. The molecule has 4 nitrogen and oxygen atoms in total. The molecule has 2 aliphatic rings. The molecule has 1 aromatic heterocycles. The minimum absolute atomic E-state index is 0.141. The van der Waals surface area contributed by atoms with E-state index in [1.165, 1.54) is 24.4 Å². The molecular weight excluding hydrogens is 176 g/mol. The summed E-state index contributed by atoms with van der Waals surface area (Å²) in [6.45, 7) is 3.33.